The van der Waals surface area contributed by atoms with Gasteiger partial charge in [-0.15, -0.1) is 0 Å². The monoisotopic (exact) mass is 373 g/mol. The van der Waals surface area contributed by atoms with E-state index < -0.39 is 6.29 Å². The summed E-state index contributed by atoms with van der Waals surface area (Å²) in [4.78, 5) is 14.9. The molecule has 148 valence electrons. The van der Waals surface area contributed by atoms with E-state index in [1.165, 1.54) is 6.42 Å². The lowest BCUT2D eigenvalue weighted by Crippen LogP contribution is -2.42. The number of aliphatic hydroxyl groups excluding tert-OH is 1. The summed E-state index contributed by atoms with van der Waals surface area (Å²) < 4.78 is 12.0. The van der Waals surface area contributed by atoms with Crippen molar-refractivity contribution in [3.63, 3.8) is 0 Å². The Morgan fingerprint density at radius 1 is 1.22 bits per heavy atom. The van der Waals surface area contributed by atoms with Gasteiger partial charge in [0.25, 0.3) is 5.91 Å². The smallest absolute Gasteiger partial charge is 0.288 e. The van der Waals surface area contributed by atoms with Gasteiger partial charge >= 0.3 is 0 Å². The third kappa shape index (κ3) is 4.90. The van der Waals surface area contributed by atoms with Gasteiger partial charge in [-0.2, -0.15) is 0 Å². The van der Waals surface area contributed by atoms with Crippen molar-refractivity contribution in [2.45, 2.75) is 51.2 Å². The Labute approximate surface area is 162 Å². The van der Waals surface area contributed by atoms with Crippen molar-refractivity contribution in [3.8, 4) is 0 Å². The molecule has 2 heterocycles. The van der Waals surface area contributed by atoms with E-state index in [1.807, 2.05) is 36.1 Å². The van der Waals surface area contributed by atoms with E-state index in [0.29, 0.717) is 18.8 Å². The average molecular weight is 373 g/mol. The highest BCUT2D eigenvalue weighted by molar-refractivity contribution is 5.91. The zero-order valence-electron chi connectivity index (χ0n) is 16.2. The lowest BCUT2D eigenvalue weighted by atomic mass is 9.80. The van der Waals surface area contributed by atoms with E-state index in [4.69, 9.17) is 9.47 Å². The van der Waals surface area contributed by atoms with Crippen LogP contribution in [0.5, 0.6) is 0 Å². The molecule has 0 aromatic heterocycles. The van der Waals surface area contributed by atoms with Crippen LogP contribution in [0.4, 0.5) is 0 Å². The second-order valence-electron chi connectivity index (χ2n) is 7.29. The molecular weight excluding hydrogens is 342 g/mol. The van der Waals surface area contributed by atoms with Gasteiger partial charge in [0, 0.05) is 38.1 Å². The third-order valence-corrected chi connectivity index (χ3v) is 5.45. The maximum absolute atomic E-state index is 13.0. The molecule has 0 radical (unpaired) electrons. The summed E-state index contributed by atoms with van der Waals surface area (Å²) in [5.41, 5.74) is 1.15. The van der Waals surface area contributed by atoms with E-state index in [2.05, 4.69) is 12.1 Å². The van der Waals surface area contributed by atoms with Crippen LogP contribution in [-0.4, -0.2) is 48.5 Å². The number of nitrogens with zero attached hydrogens (tertiary/aromatic N) is 1. The van der Waals surface area contributed by atoms with Crippen LogP contribution in [0.2, 0.25) is 0 Å². The first-order chi connectivity index (χ1) is 13.2. The van der Waals surface area contributed by atoms with Gasteiger partial charge in [0.2, 0.25) is 6.29 Å². The molecule has 5 nitrogen and oxygen atoms in total. The third-order valence-electron chi connectivity index (χ3n) is 5.45. The molecule has 27 heavy (non-hydrogen) atoms. The van der Waals surface area contributed by atoms with Crippen molar-refractivity contribution in [1.29, 1.82) is 0 Å². The van der Waals surface area contributed by atoms with Crippen LogP contribution >= 0.6 is 0 Å². The van der Waals surface area contributed by atoms with E-state index in [9.17, 15) is 9.90 Å². The van der Waals surface area contributed by atoms with Gasteiger partial charge in [0.1, 0.15) is 0 Å². The van der Waals surface area contributed by atoms with Crippen molar-refractivity contribution in [2.75, 3.05) is 26.3 Å². The molecule has 2 aliphatic heterocycles. The van der Waals surface area contributed by atoms with Crippen LogP contribution in [0.15, 0.2) is 42.2 Å². The van der Waals surface area contributed by atoms with Gasteiger partial charge in [-0.1, -0.05) is 30.3 Å². The summed E-state index contributed by atoms with van der Waals surface area (Å²) in [7, 11) is 0. The number of ether oxygens (including phenoxy) is 2. The molecule has 0 saturated carbocycles. The van der Waals surface area contributed by atoms with Crippen molar-refractivity contribution < 1.29 is 19.4 Å². The molecule has 1 saturated heterocycles. The van der Waals surface area contributed by atoms with Crippen LogP contribution in [0.1, 0.15) is 50.5 Å². The van der Waals surface area contributed by atoms with Crippen LogP contribution in [0.25, 0.3) is 0 Å². The van der Waals surface area contributed by atoms with Crippen LogP contribution < -0.4 is 0 Å². The predicted octanol–water partition coefficient (Wildman–Crippen LogP) is 3.45. The van der Waals surface area contributed by atoms with Crippen LogP contribution in [-0.2, 0) is 14.3 Å². The topological polar surface area (TPSA) is 59.0 Å². The van der Waals surface area contributed by atoms with Crippen molar-refractivity contribution >= 4 is 5.91 Å². The first-order valence-corrected chi connectivity index (χ1v) is 10.2. The zero-order valence-corrected chi connectivity index (χ0v) is 16.2. The molecule has 3 rings (SSSR count). The molecule has 0 unspecified atom stereocenters. The molecule has 3 atom stereocenters. The van der Waals surface area contributed by atoms with E-state index >= 15 is 0 Å². The second kappa shape index (κ2) is 9.90. The number of likely N-dealkylation sites (tertiary alicyclic amines) is 1. The molecule has 2 aliphatic rings. The number of carbonyl (C=O) groups is 1. The fourth-order valence-corrected chi connectivity index (χ4v) is 4.07. The van der Waals surface area contributed by atoms with Gasteiger partial charge < -0.3 is 19.5 Å². The van der Waals surface area contributed by atoms with E-state index in [0.717, 1.165) is 37.9 Å². The first-order valence-electron chi connectivity index (χ1n) is 10.2. The summed E-state index contributed by atoms with van der Waals surface area (Å²) in [5.74, 6) is 0.481. The Morgan fingerprint density at radius 2 is 1.96 bits per heavy atom. The normalized spacial score (nSPS) is 25.6. The minimum atomic E-state index is -0.472. The number of rotatable bonds is 7. The lowest BCUT2D eigenvalue weighted by molar-refractivity contribution is -0.170. The Hall–Kier alpha value is -1.85. The molecule has 5 heteroatoms. The molecule has 1 N–H and O–H groups in total. The quantitative estimate of drug-likeness (QED) is 0.795. The maximum atomic E-state index is 13.0. The van der Waals surface area contributed by atoms with E-state index in [1.54, 1.807) is 0 Å². The molecule has 0 bridgehead atoms. The number of hydrogen-bond donors (Lipinski definition) is 1. The molecule has 1 fully saturated rings. The molecule has 1 aromatic rings. The highest BCUT2D eigenvalue weighted by Gasteiger charge is 2.38. The van der Waals surface area contributed by atoms with Gasteiger partial charge in [-0.25, -0.2) is 0 Å². The maximum Gasteiger partial charge on any atom is 0.288 e. The fourth-order valence-electron chi connectivity index (χ4n) is 4.07. The molecule has 1 amide bonds. The number of amides is 1. The minimum absolute atomic E-state index is 0.0269. The minimum Gasteiger partial charge on any atom is -0.459 e. The number of benzene rings is 1. The van der Waals surface area contributed by atoms with E-state index in [-0.39, 0.29) is 24.3 Å². The van der Waals surface area contributed by atoms with Gasteiger partial charge in [-0.3, -0.25) is 4.79 Å². The zero-order chi connectivity index (χ0) is 19.1. The Morgan fingerprint density at radius 3 is 2.63 bits per heavy atom. The lowest BCUT2D eigenvalue weighted by Gasteiger charge is -2.38. The number of piperidine rings is 1. The predicted molar refractivity (Wildman–Crippen MR) is 104 cm³/mol. The standard InChI is InChI=1S/C22H31NO4/c1-2-26-22-18(12-9-15-24)19(17-10-5-3-6-11-17)16-20(27-22)21(25)23-13-7-4-8-14-23/h3,5-6,10-11,16,18-19,22,24H,2,4,7-9,12-15H2,1H3/t18-,19-,22-/m0/s1. The van der Waals surface area contributed by atoms with Crippen LogP contribution in [0, 0.1) is 5.92 Å². The summed E-state index contributed by atoms with van der Waals surface area (Å²) in [6.45, 7) is 4.19. The fraction of sp³-hybridized carbons (Fsp3) is 0.591. The Balaban J connectivity index is 1.90. The number of aliphatic hydroxyl groups is 1. The molecular formula is C22H31NO4. The van der Waals surface area contributed by atoms with Gasteiger partial charge in [0.05, 0.1) is 0 Å². The summed E-state index contributed by atoms with van der Waals surface area (Å²) in [6.07, 6.45) is 6.25. The highest BCUT2D eigenvalue weighted by atomic mass is 16.7. The average Bonchev–Trinajstić information content (AvgIpc) is 2.73. The van der Waals surface area contributed by atoms with Crippen molar-refractivity contribution in [2.24, 2.45) is 5.92 Å². The second-order valence-corrected chi connectivity index (χ2v) is 7.29. The summed E-state index contributed by atoms with van der Waals surface area (Å²) >= 11 is 0. The summed E-state index contributed by atoms with van der Waals surface area (Å²) in [5, 5.41) is 9.32. The Kier molecular flexibility index (Phi) is 7.30. The SMILES string of the molecule is CCO[C@H]1OC(C(=O)N2CCCCC2)=C[C@@H](c2ccccc2)[C@@H]1CCCO. The first kappa shape index (κ1) is 19.9. The molecule has 1 aromatic carbocycles. The largest absolute Gasteiger partial charge is 0.459 e. The number of hydrogen-bond acceptors (Lipinski definition) is 4. The summed E-state index contributed by atoms with van der Waals surface area (Å²) in [6, 6.07) is 10.2. The van der Waals surface area contributed by atoms with Crippen molar-refractivity contribution in [3.05, 3.63) is 47.7 Å². The van der Waals surface area contributed by atoms with Crippen LogP contribution in [0.3, 0.4) is 0 Å². The van der Waals surface area contributed by atoms with Crippen molar-refractivity contribution in [1.82, 2.24) is 4.90 Å². The number of allylic oxidation sites excluding steroid dienone is 1. The molecule has 0 spiro atoms. The Bertz CT molecular complexity index is 624. The highest BCUT2D eigenvalue weighted by Crippen LogP contribution is 2.39. The molecule has 0 aliphatic carbocycles. The van der Waals surface area contributed by atoms with Gasteiger partial charge in [-0.05, 0) is 50.7 Å². The van der Waals surface area contributed by atoms with Gasteiger partial charge in [0.15, 0.2) is 5.76 Å². The number of carbonyl (C=O) groups excluding carboxylic acids is 1.